The predicted octanol–water partition coefficient (Wildman–Crippen LogP) is 2.83. The first-order chi connectivity index (χ1) is 9.41. The molecule has 0 saturated carbocycles. The summed E-state index contributed by atoms with van der Waals surface area (Å²) in [6.45, 7) is 0.536. The number of rotatable bonds is 4. The Hall–Kier alpha value is -1.60. The summed E-state index contributed by atoms with van der Waals surface area (Å²) in [6.07, 6.45) is -1.37. The summed E-state index contributed by atoms with van der Waals surface area (Å²) in [5.74, 6) is 0. The molecule has 0 unspecified atom stereocenters. The Morgan fingerprint density at radius 2 is 2.05 bits per heavy atom. The van der Waals surface area contributed by atoms with E-state index in [1.807, 2.05) is 0 Å². The lowest BCUT2D eigenvalue weighted by Gasteiger charge is -2.09. The third kappa shape index (κ3) is 3.29. The van der Waals surface area contributed by atoms with E-state index in [1.54, 1.807) is 6.20 Å². The molecule has 0 amide bonds. The minimum absolute atomic E-state index is 0.0323. The molecule has 2 rings (SSSR count). The first-order valence-corrected chi connectivity index (χ1v) is 6.28. The molecule has 0 radical (unpaired) electrons. The summed E-state index contributed by atoms with van der Waals surface area (Å²) in [5.41, 5.74) is 5.66. The molecule has 1 heterocycles. The number of hydrogen-bond donors (Lipinski definition) is 1. The van der Waals surface area contributed by atoms with Crippen molar-refractivity contribution in [3.8, 4) is 5.69 Å². The second kappa shape index (κ2) is 5.80. The number of nitrogens with two attached hydrogens (primary N) is 1. The van der Waals surface area contributed by atoms with E-state index in [4.69, 9.17) is 17.3 Å². The molecule has 108 valence electrons. The molecular formula is C12H12ClF3N4. The van der Waals surface area contributed by atoms with E-state index in [-0.39, 0.29) is 5.02 Å². The van der Waals surface area contributed by atoms with Gasteiger partial charge in [0.05, 0.1) is 28.2 Å². The minimum Gasteiger partial charge on any atom is -0.330 e. The molecule has 0 fully saturated rings. The number of halogens is 4. The van der Waals surface area contributed by atoms with Crippen LogP contribution in [0.2, 0.25) is 5.02 Å². The van der Waals surface area contributed by atoms with Crippen LogP contribution in [-0.4, -0.2) is 21.5 Å². The Morgan fingerprint density at radius 1 is 1.30 bits per heavy atom. The van der Waals surface area contributed by atoms with Gasteiger partial charge in [0.15, 0.2) is 0 Å². The van der Waals surface area contributed by atoms with Gasteiger partial charge in [0.1, 0.15) is 0 Å². The van der Waals surface area contributed by atoms with Gasteiger partial charge in [-0.1, -0.05) is 16.8 Å². The third-order valence-electron chi connectivity index (χ3n) is 2.70. The largest absolute Gasteiger partial charge is 0.416 e. The van der Waals surface area contributed by atoms with Gasteiger partial charge in [0, 0.05) is 0 Å². The maximum atomic E-state index is 12.5. The number of hydrogen-bond acceptors (Lipinski definition) is 3. The molecule has 2 aromatic rings. The van der Waals surface area contributed by atoms with Crippen molar-refractivity contribution in [2.45, 2.75) is 19.0 Å². The van der Waals surface area contributed by atoms with Crippen LogP contribution in [0.3, 0.4) is 0 Å². The summed E-state index contributed by atoms with van der Waals surface area (Å²) in [6, 6.07) is 3.10. The molecule has 0 saturated heterocycles. The van der Waals surface area contributed by atoms with Crippen molar-refractivity contribution in [2.75, 3.05) is 6.54 Å². The molecule has 1 aromatic heterocycles. The van der Waals surface area contributed by atoms with Crippen LogP contribution >= 0.6 is 11.6 Å². The lowest BCUT2D eigenvalue weighted by Crippen LogP contribution is -2.06. The standard InChI is InChI=1S/C12H12ClF3N4/c13-10-6-8(12(14,15)16)3-4-11(10)20-7-9(18-19-20)2-1-5-17/h3-4,6-7H,1-2,5,17H2. The molecule has 0 bridgehead atoms. The summed E-state index contributed by atoms with van der Waals surface area (Å²) >= 11 is 5.87. The zero-order chi connectivity index (χ0) is 14.8. The second-order valence-corrected chi connectivity index (χ2v) is 4.62. The van der Waals surface area contributed by atoms with Gasteiger partial charge in [-0.2, -0.15) is 13.2 Å². The average molecular weight is 305 g/mol. The Kier molecular flexibility index (Phi) is 4.29. The van der Waals surface area contributed by atoms with Crippen molar-refractivity contribution < 1.29 is 13.2 Å². The van der Waals surface area contributed by atoms with Crippen molar-refractivity contribution in [3.05, 3.63) is 40.7 Å². The summed E-state index contributed by atoms with van der Waals surface area (Å²) in [4.78, 5) is 0. The van der Waals surface area contributed by atoms with E-state index in [0.717, 1.165) is 18.6 Å². The van der Waals surface area contributed by atoms with Gasteiger partial charge in [-0.05, 0) is 37.6 Å². The monoisotopic (exact) mass is 304 g/mol. The summed E-state index contributed by atoms with van der Waals surface area (Å²) in [7, 11) is 0. The van der Waals surface area contributed by atoms with Crippen molar-refractivity contribution in [1.82, 2.24) is 15.0 Å². The van der Waals surface area contributed by atoms with E-state index in [2.05, 4.69) is 10.3 Å². The summed E-state index contributed by atoms with van der Waals surface area (Å²) in [5, 5.41) is 7.74. The topological polar surface area (TPSA) is 56.7 Å². The number of nitrogens with zero attached hydrogens (tertiary/aromatic N) is 3. The average Bonchev–Trinajstić information content (AvgIpc) is 2.83. The number of alkyl halides is 3. The predicted molar refractivity (Wildman–Crippen MR) is 68.7 cm³/mol. The number of aryl methyl sites for hydroxylation is 1. The SMILES string of the molecule is NCCCc1cn(-c2ccc(C(F)(F)F)cc2Cl)nn1. The lowest BCUT2D eigenvalue weighted by atomic mass is 10.2. The molecule has 8 heteroatoms. The molecule has 0 aliphatic carbocycles. The van der Waals surface area contributed by atoms with Crippen LogP contribution < -0.4 is 5.73 Å². The van der Waals surface area contributed by atoms with Crippen molar-refractivity contribution >= 4 is 11.6 Å². The minimum atomic E-state index is -4.42. The van der Waals surface area contributed by atoms with Crippen molar-refractivity contribution in [2.24, 2.45) is 5.73 Å². The van der Waals surface area contributed by atoms with E-state index in [0.29, 0.717) is 24.3 Å². The first-order valence-electron chi connectivity index (χ1n) is 5.90. The third-order valence-corrected chi connectivity index (χ3v) is 3.00. The fraction of sp³-hybridized carbons (Fsp3) is 0.333. The zero-order valence-corrected chi connectivity index (χ0v) is 11.1. The molecule has 20 heavy (non-hydrogen) atoms. The molecule has 4 nitrogen and oxygen atoms in total. The molecule has 0 aliphatic rings. The molecule has 1 aromatic carbocycles. The highest BCUT2D eigenvalue weighted by molar-refractivity contribution is 6.32. The van der Waals surface area contributed by atoms with Crippen LogP contribution in [0.15, 0.2) is 24.4 Å². The van der Waals surface area contributed by atoms with Gasteiger partial charge < -0.3 is 5.73 Å². The molecule has 0 aliphatic heterocycles. The van der Waals surface area contributed by atoms with E-state index in [9.17, 15) is 13.2 Å². The van der Waals surface area contributed by atoms with E-state index >= 15 is 0 Å². The van der Waals surface area contributed by atoms with Crippen LogP contribution in [-0.2, 0) is 12.6 Å². The molecule has 0 spiro atoms. The van der Waals surface area contributed by atoms with Crippen LogP contribution in [0.4, 0.5) is 13.2 Å². The fourth-order valence-electron chi connectivity index (χ4n) is 1.68. The Bertz CT molecular complexity index is 595. The van der Waals surface area contributed by atoms with E-state index in [1.165, 1.54) is 10.7 Å². The van der Waals surface area contributed by atoms with Crippen molar-refractivity contribution in [3.63, 3.8) is 0 Å². The normalized spacial score (nSPS) is 11.8. The lowest BCUT2D eigenvalue weighted by molar-refractivity contribution is -0.137. The van der Waals surface area contributed by atoms with Crippen LogP contribution in [0.1, 0.15) is 17.7 Å². The van der Waals surface area contributed by atoms with Crippen LogP contribution in [0.25, 0.3) is 5.69 Å². The van der Waals surface area contributed by atoms with Crippen molar-refractivity contribution in [1.29, 1.82) is 0 Å². The smallest absolute Gasteiger partial charge is 0.330 e. The maximum absolute atomic E-state index is 12.5. The van der Waals surface area contributed by atoms with Gasteiger partial charge >= 0.3 is 6.18 Å². The summed E-state index contributed by atoms with van der Waals surface area (Å²) < 4.78 is 39.0. The Labute approximate surface area is 118 Å². The number of aromatic nitrogens is 3. The van der Waals surface area contributed by atoms with Gasteiger partial charge in [-0.15, -0.1) is 5.10 Å². The zero-order valence-electron chi connectivity index (χ0n) is 10.4. The van der Waals surface area contributed by atoms with Gasteiger partial charge in [-0.25, -0.2) is 4.68 Å². The molecular weight excluding hydrogens is 293 g/mol. The second-order valence-electron chi connectivity index (χ2n) is 4.21. The first kappa shape index (κ1) is 14.8. The van der Waals surface area contributed by atoms with E-state index < -0.39 is 11.7 Å². The van der Waals surface area contributed by atoms with Gasteiger partial charge in [0.25, 0.3) is 0 Å². The molecule has 0 atom stereocenters. The number of benzene rings is 1. The van der Waals surface area contributed by atoms with Gasteiger partial charge in [-0.3, -0.25) is 0 Å². The highest BCUT2D eigenvalue weighted by atomic mass is 35.5. The highest BCUT2D eigenvalue weighted by Gasteiger charge is 2.31. The fourth-order valence-corrected chi connectivity index (χ4v) is 1.95. The quantitative estimate of drug-likeness (QED) is 0.945. The highest BCUT2D eigenvalue weighted by Crippen LogP contribution is 2.32. The molecule has 2 N–H and O–H groups in total. The van der Waals surface area contributed by atoms with Gasteiger partial charge in [0.2, 0.25) is 0 Å². The maximum Gasteiger partial charge on any atom is 0.416 e. The Balaban J connectivity index is 2.27. The van der Waals surface area contributed by atoms with Crippen LogP contribution in [0.5, 0.6) is 0 Å². The Morgan fingerprint density at radius 3 is 2.65 bits per heavy atom. The van der Waals surface area contributed by atoms with Crippen LogP contribution in [0, 0.1) is 0 Å².